The molecule has 5 heteroatoms. The number of benzene rings is 1. The smallest absolute Gasteiger partial charge is 0.140 e. The normalized spacial score (nSPS) is 12.5. The molecule has 1 heterocycles. The third-order valence-corrected chi connectivity index (χ3v) is 2.98. The number of aromatic nitrogens is 1. The molecule has 0 aliphatic carbocycles. The SMILES string of the molecule is Cc1noc(C)c1COc1cc(F)ccc1[C@@H](C)O. The van der Waals surface area contributed by atoms with Crippen molar-refractivity contribution in [3.05, 3.63) is 46.6 Å². The fourth-order valence-electron chi connectivity index (χ4n) is 1.84. The lowest BCUT2D eigenvalue weighted by Crippen LogP contribution is -2.02. The number of hydrogen-bond acceptors (Lipinski definition) is 4. The van der Waals surface area contributed by atoms with Gasteiger partial charge in [0.1, 0.15) is 23.9 Å². The Morgan fingerprint density at radius 3 is 2.74 bits per heavy atom. The van der Waals surface area contributed by atoms with E-state index in [9.17, 15) is 9.50 Å². The van der Waals surface area contributed by atoms with E-state index in [4.69, 9.17) is 9.26 Å². The van der Waals surface area contributed by atoms with Gasteiger partial charge in [-0.1, -0.05) is 5.16 Å². The van der Waals surface area contributed by atoms with Crippen LogP contribution >= 0.6 is 0 Å². The molecule has 4 nitrogen and oxygen atoms in total. The minimum absolute atomic E-state index is 0.227. The minimum Gasteiger partial charge on any atom is -0.488 e. The molecule has 19 heavy (non-hydrogen) atoms. The van der Waals surface area contributed by atoms with Crippen molar-refractivity contribution in [2.45, 2.75) is 33.5 Å². The van der Waals surface area contributed by atoms with E-state index in [2.05, 4.69) is 5.16 Å². The highest BCUT2D eigenvalue weighted by Crippen LogP contribution is 2.27. The van der Waals surface area contributed by atoms with Crippen molar-refractivity contribution < 1.29 is 18.8 Å². The van der Waals surface area contributed by atoms with Crippen LogP contribution in [-0.4, -0.2) is 10.3 Å². The molecule has 1 N–H and O–H groups in total. The van der Waals surface area contributed by atoms with Crippen molar-refractivity contribution in [1.29, 1.82) is 0 Å². The fourth-order valence-corrected chi connectivity index (χ4v) is 1.84. The van der Waals surface area contributed by atoms with E-state index in [-0.39, 0.29) is 6.61 Å². The second-order valence-corrected chi connectivity index (χ2v) is 4.45. The summed E-state index contributed by atoms with van der Waals surface area (Å²) in [7, 11) is 0. The predicted octanol–water partition coefficient (Wildman–Crippen LogP) is 3.06. The molecule has 0 unspecified atom stereocenters. The van der Waals surface area contributed by atoms with Crippen LogP contribution in [0.25, 0.3) is 0 Å². The quantitative estimate of drug-likeness (QED) is 0.923. The van der Waals surface area contributed by atoms with Gasteiger partial charge in [0.25, 0.3) is 0 Å². The van der Waals surface area contributed by atoms with E-state index in [0.717, 1.165) is 11.3 Å². The topological polar surface area (TPSA) is 55.5 Å². The minimum atomic E-state index is -0.722. The van der Waals surface area contributed by atoms with Crippen molar-refractivity contribution in [1.82, 2.24) is 5.16 Å². The van der Waals surface area contributed by atoms with Gasteiger partial charge >= 0.3 is 0 Å². The highest BCUT2D eigenvalue weighted by Gasteiger charge is 2.13. The van der Waals surface area contributed by atoms with Crippen molar-refractivity contribution in [2.24, 2.45) is 0 Å². The van der Waals surface area contributed by atoms with E-state index in [1.54, 1.807) is 13.8 Å². The van der Waals surface area contributed by atoms with Crippen LogP contribution < -0.4 is 4.74 Å². The molecule has 0 saturated heterocycles. The molecule has 1 aromatic carbocycles. The molecule has 0 aliphatic rings. The summed E-state index contributed by atoms with van der Waals surface area (Å²) >= 11 is 0. The Morgan fingerprint density at radius 1 is 1.42 bits per heavy atom. The van der Waals surface area contributed by atoms with Crippen molar-refractivity contribution >= 4 is 0 Å². The van der Waals surface area contributed by atoms with Crippen molar-refractivity contribution in [2.75, 3.05) is 0 Å². The number of aliphatic hydroxyl groups excluding tert-OH is 1. The van der Waals surface area contributed by atoms with E-state index >= 15 is 0 Å². The van der Waals surface area contributed by atoms with Crippen LogP contribution in [0.3, 0.4) is 0 Å². The van der Waals surface area contributed by atoms with E-state index in [1.807, 2.05) is 6.92 Å². The number of rotatable bonds is 4. The molecular weight excluding hydrogens is 249 g/mol. The molecule has 0 fully saturated rings. The monoisotopic (exact) mass is 265 g/mol. The fraction of sp³-hybridized carbons (Fsp3) is 0.357. The summed E-state index contributed by atoms with van der Waals surface area (Å²) in [6.45, 7) is 5.44. The molecule has 102 valence electrons. The number of aryl methyl sites for hydroxylation is 2. The summed E-state index contributed by atoms with van der Waals surface area (Å²) in [6, 6.07) is 4.08. The van der Waals surface area contributed by atoms with Gasteiger partial charge in [-0.05, 0) is 32.9 Å². The maximum Gasteiger partial charge on any atom is 0.140 e. The molecule has 2 rings (SSSR count). The predicted molar refractivity (Wildman–Crippen MR) is 67.3 cm³/mol. The second kappa shape index (κ2) is 5.40. The standard InChI is InChI=1S/C14H16FNO3/c1-8-13(10(3)19-16-8)7-18-14-6-11(15)4-5-12(14)9(2)17/h4-6,9,17H,7H2,1-3H3/t9-/m1/s1. The highest BCUT2D eigenvalue weighted by atomic mass is 19.1. The maximum atomic E-state index is 13.2. The molecule has 2 aromatic rings. The molecule has 0 saturated carbocycles. The number of ether oxygens (including phenoxy) is 1. The zero-order valence-electron chi connectivity index (χ0n) is 11.1. The third kappa shape index (κ3) is 2.93. The summed E-state index contributed by atoms with van der Waals surface area (Å²) in [5.74, 6) is 0.598. The summed E-state index contributed by atoms with van der Waals surface area (Å²) in [5, 5.41) is 13.5. The average molecular weight is 265 g/mol. The van der Waals surface area contributed by atoms with Gasteiger partial charge < -0.3 is 14.4 Å². The van der Waals surface area contributed by atoms with Gasteiger partial charge in [-0.2, -0.15) is 0 Å². The third-order valence-electron chi connectivity index (χ3n) is 2.98. The van der Waals surface area contributed by atoms with Crippen LogP contribution in [0.15, 0.2) is 22.7 Å². The van der Waals surface area contributed by atoms with Gasteiger partial charge in [-0.3, -0.25) is 0 Å². The van der Waals surface area contributed by atoms with Crippen LogP contribution in [0.4, 0.5) is 4.39 Å². The Hall–Kier alpha value is -1.88. The van der Waals surface area contributed by atoms with Crippen LogP contribution in [-0.2, 0) is 6.61 Å². The van der Waals surface area contributed by atoms with Gasteiger partial charge in [0.2, 0.25) is 0 Å². The first-order chi connectivity index (χ1) is 8.99. The maximum absolute atomic E-state index is 13.2. The first kappa shape index (κ1) is 13.5. The van der Waals surface area contributed by atoms with Gasteiger partial charge in [0, 0.05) is 11.6 Å². The highest BCUT2D eigenvalue weighted by molar-refractivity contribution is 5.36. The van der Waals surface area contributed by atoms with Crippen LogP contribution in [0.1, 0.15) is 35.6 Å². The Labute approximate surface area is 110 Å². The second-order valence-electron chi connectivity index (χ2n) is 4.45. The molecule has 0 spiro atoms. The Bertz CT molecular complexity index is 559. The molecular formula is C14H16FNO3. The lowest BCUT2D eigenvalue weighted by molar-refractivity contribution is 0.189. The van der Waals surface area contributed by atoms with Crippen LogP contribution in [0.2, 0.25) is 0 Å². The van der Waals surface area contributed by atoms with Crippen molar-refractivity contribution in [3.8, 4) is 5.75 Å². The van der Waals surface area contributed by atoms with E-state index in [0.29, 0.717) is 17.1 Å². The first-order valence-electron chi connectivity index (χ1n) is 6.01. The Kier molecular flexibility index (Phi) is 3.85. The molecule has 0 radical (unpaired) electrons. The largest absolute Gasteiger partial charge is 0.488 e. The van der Waals surface area contributed by atoms with Gasteiger partial charge in [0.15, 0.2) is 0 Å². The molecule has 1 atom stereocenters. The summed E-state index contributed by atoms with van der Waals surface area (Å²) < 4.78 is 23.9. The van der Waals surface area contributed by atoms with E-state index in [1.165, 1.54) is 18.2 Å². The number of halogens is 1. The number of nitrogens with zero attached hydrogens (tertiary/aromatic N) is 1. The summed E-state index contributed by atoms with van der Waals surface area (Å²) in [6.07, 6.45) is -0.722. The summed E-state index contributed by atoms with van der Waals surface area (Å²) in [4.78, 5) is 0. The first-order valence-corrected chi connectivity index (χ1v) is 6.01. The van der Waals surface area contributed by atoms with Gasteiger partial charge in [-0.25, -0.2) is 4.39 Å². The molecule has 0 amide bonds. The van der Waals surface area contributed by atoms with E-state index < -0.39 is 11.9 Å². The molecule has 1 aromatic heterocycles. The molecule has 0 bridgehead atoms. The van der Waals surface area contributed by atoms with Crippen LogP contribution in [0, 0.1) is 19.7 Å². The summed E-state index contributed by atoms with van der Waals surface area (Å²) in [5.41, 5.74) is 2.13. The Balaban J connectivity index is 2.22. The number of aliphatic hydroxyl groups is 1. The Morgan fingerprint density at radius 2 is 2.16 bits per heavy atom. The van der Waals surface area contributed by atoms with Gasteiger partial charge in [0.05, 0.1) is 17.4 Å². The van der Waals surface area contributed by atoms with Crippen molar-refractivity contribution in [3.63, 3.8) is 0 Å². The average Bonchev–Trinajstić information content (AvgIpc) is 2.66. The molecule has 0 aliphatic heterocycles. The lowest BCUT2D eigenvalue weighted by Gasteiger charge is -2.13. The number of hydrogen-bond donors (Lipinski definition) is 1. The van der Waals surface area contributed by atoms with Gasteiger partial charge in [-0.15, -0.1) is 0 Å². The zero-order chi connectivity index (χ0) is 14.0. The lowest BCUT2D eigenvalue weighted by atomic mass is 10.1. The zero-order valence-corrected chi connectivity index (χ0v) is 11.1. The van der Waals surface area contributed by atoms with Crippen LogP contribution in [0.5, 0.6) is 5.75 Å².